The quantitative estimate of drug-likeness (QED) is 0.838. The van der Waals surface area contributed by atoms with Crippen molar-refractivity contribution in [3.63, 3.8) is 0 Å². The highest BCUT2D eigenvalue weighted by Gasteiger charge is 2.08. The molecule has 0 amide bonds. The van der Waals surface area contributed by atoms with E-state index >= 15 is 0 Å². The number of nitrogens with zero attached hydrogens (tertiary/aromatic N) is 3. The summed E-state index contributed by atoms with van der Waals surface area (Å²) >= 11 is 0. The summed E-state index contributed by atoms with van der Waals surface area (Å²) in [6.07, 6.45) is 1.50. The Morgan fingerprint density at radius 1 is 1.15 bits per heavy atom. The van der Waals surface area contributed by atoms with Gasteiger partial charge in [-0.25, -0.2) is 9.97 Å². The van der Waals surface area contributed by atoms with Gasteiger partial charge < -0.3 is 14.4 Å². The Bertz CT molecular complexity index is 587. The maximum Gasteiger partial charge on any atom is 0.224 e. The number of benzene rings is 1. The maximum atomic E-state index is 5.79. The molecule has 0 fully saturated rings. The molecule has 0 aliphatic carbocycles. The van der Waals surface area contributed by atoms with E-state index < -0.39 is 0 Å². The second kappa shape index (κ2) is 6.23. The summed E-state index contributed by atoms with van der Waals surface area (Å²) in [6.45, 7) is 4.93. The van der Waals surface area contributed by atoms with Gasteiger partial charge in [-0.3, -0.25) is 0 Å². The Morgan fingerprint density at radius 3 is 2.65 bits per heavy atom. The number of methoxy groups -OCH3 is 1. The third-order valence-electron chi connectivity index (χ3n) is 3.03. The van der Waals surface area contributed by atoms with E-state index in [2.05, 4.69) is 16.9 Å². The van der Waals surface area contributed by atoms with Gasteiger partial charge in [0, 0.05) is 19.7 Å². The molecule has 0 radical (unpaired) electrons. The first-order chi connectivity index (χ1) is 9.63. The monoisotopic (exact) mass is 273 g/mol. The van der Waals surface area contributed by atoms with Crippen LogP contribution in [0.1, 0.15) is 12.5 Å². The van der Waals surface area contributed by atoms with Crippen molar-refractivity contribution >= 4 is 5.82 Å². The number of hydrogen-bond donors (Lipinski definition) is 0. The van der Waals surface area contributed by atoms with Crippen LogP contribution in [-0.4, -0.2) is 30.7 Å². The Balaban J connectivity index is 2.26. The largest absolute Gasteiger partial charge is 0.493 e. The van der Waals surface area contributed by atoms with Crippen LogP contribution < -0.4 is 14.4 Å². The first kappa shape index (κ1) is 14.1. The van der Waals surface area contributed by atoms with Gasteiger partial charge in [-0.1, -0.05) is 6.07 Å². The topological polar surface area (TPSA) is 47.5 Å². The zero-order chi connectivity index (χ0) is 14.5. The van der Waals surface area contributed by atoms with Crippen LogP contribution in [0.2, 0.25) is 0 Å². The van der Waals surface area contributed by atoms with Crippen molar-refractivity contribution in [2.24, 2.45) is 0 Å². The molecule has 0 spiro atoms. The van der Waals surface area contributed by atoms with Gasteiger partial charge in [-0.05, 0) is 31.5 Å². The van der Waals surface area contributed by atoms with Crippen molar-refractivity contribution in [2.75, 3.05) is 25.6 Å². The van der Waals surface area contributed by atoms with Gasteiger partial charge in [0.05, 0.1) is 7.11 Å². The summed E-state index contributed by atoms with van der Waals surface area (Å²) in [5.41, 5.74) is 1.11. The minimum absolute atomic E-state index is 0.498. The van der Waals surface area contributed by atoms with Crippen LogP contribution in [0.15, 0.2) is 30.6 Å². The van der Waals surface area contributed by atoms with Gasteiger partial charge in [-0.2, -0.15) is 0 Å². The van der Waals surface area contributed by atoms with Gasteiger partial charge in [0.1, 0.15) is 12.1 Å². The maximum absolute atomic E-state index is 5.79. The SMILES string of the molecule is CCN(C)c1cc(Oc2ccc(C)cc2OC)ncn1. The standard InChI is InChI=1S/C15H19N3O2/c1-5-18(3)14-9-15(17-10-16-14)20-12-7-6-11(2)8-13(12)19-4/h6-10H,5H2,1-4H3. The minimum atomic E-state index is 0.498. The molecule has 20 heavy (non-hydrogen) atoms. The summed E-state index contributed by atoms with van der Waals surface area (Å²) in [6, 6.07) is 7.58. The fourth-order valence-electron chi connectivity index (χ4n) is 1.73. The van der Waals surface area contributed by atoms with E-state index in [1.807, 2.05) is 43.1 Å². The molecule has 1 aromatic heterocycles. The molecule has 2 aromatic rings. The van der Waals surface area contributed by atoms with Crippen LogP contribution in [0.3, 0.4) is 0 Å². The second-order valence-corrected chi connectivity index (χ2v) is 4.48. The smallest absolute Gasteiger partial charge is 0.224 e. The van der Waals surface area contributed by atoms with E-state index in [9.17, 15) is 0 Å². The van der Waals surface area contributed by atoms with Crippen molar-refractivity contribution in [1.29, 1.82) is 0 Å². The summed E-state index contributed by atoms with van der Waals surface area (Å²) < 4.78 is 11.1. The fraction of sp³-hybridized carbons (Fsp3) is 0.333. The van der Waals surface area contributed by atoms with Crippen LogP contribution in [-0.2, 0) is 0 Å². The average molecular weight is 273 g/mol. The lowest BCUT2D eigenvalue weighted by Crippen LogP contribution is -2.17. The van der Waals surface area contributed by atoms with Crippen molar-refractivity contribution in [2.45, 2.75) is 13.8 Å². The molecule has 0 unspecified atom stereocenters. The lowest BCUT2D eigenvalue weighted by atomic mass is 10.2. The molecule has 0 aliphatic heterocycles. The summed E-state index contributed by atoms with van der Waals surface area (Å²) in [5, 5.41) is 0. The molecule has 5 nitrogen and oxygen atoms in total. The molecule has 0 atom stereocenters. The first-order valence-electron chi connectivity index (χ1n) is 6.49. The summed E-state index contributed by atoms with van der Waals surface area (Å²) in [7, 11) is 3.59. The third kappa shape index (κ3) is 3.17. The molecule has 0 saturated heterocycles. The van der Waals surface area contributed by atoms with Crippen LogP contribution in [0.4, 0.5) is 5.82 Å². The average Bonchev–Trinajstić information content (AvgIpc) is 2.48. The predicted molar refractivity (Wildman–Crippen MR) is 78.8 cm³/mol. The zero-order valence-electron chi connectivity index (χ0n) is 12.3. The highest BCUT2D eigenvalue weighted by molar-refractivity contribution is 5.46. The molecule has 1 heterocycles. The van der Waals surface area contributed by atoms with Gasteiger partial charge in [0.15, 0.2) is 11.5 Å². The summed E-state index contributed by atoms with van der Waals surface area (Å²) in [5.74, 6) is 2.65. The Morgan fingerprint density at radius 2 is 1.95 bits per heavy atom. The van der Waals surface area contributed by atoms with E-state index in [-0.39, 0.29) is 0 Å². The molecular formula is C15H19N3O2. The van der Waals surface area contributed by atoms with Crippen LogP contribution >= 0.6 is 0 Å². The predicted octanol–water partition coefficient (Wildman–Crippen LogP) is 3.04. The van der Waals surface area contributed by atoms with E-state index in [1.165, 1.54) is 6.33 Å². The number of aromatic nitrogens is 2. The van der Waals surface area contributed by atoms with E-state index in [1.54, 1.807) is 7.11 Å². The molecule has 0 N–H and O–H groups in total. The molecule has 0 aliphatic rings. The molecule has 1 aromatic carbocycles. The molecule has 0 bridgehead atoms. The van der Waals surface area contributed by atoms with Crippen LogP contribution in [0.25, 0.3) is 0 Å². The molecular weight excluding hydrogens is 254 g/mol. The number of ether oxygens (including phenoxy) is 2. The molecule has 0 saturated carbocycles. The van der Waals surface area contributed by atoms with Crippen molar-refractivity contribution in [1.82, 2.24) is 9.97 Å². The minimum Gasteiger partial charge on any atom is -0.493 e. The molecule has 5 heteroatoms. The van der Waals surface area contributed by atoms with Gasteiger partial charge >= 0.3 is 0 Å². The van der Waals surface area contributed by atoms with Crippen LogP contribution in [0, 0.1) is 6.92 Å². The Hall–Kier alpha value is -2.30. The van der Waals surface area contributed by atoms with E-state index in [4.69, 9.17) is 9.47 Å². The Labute approximate surface area is 119 Å². The summed E-state index contributed by atoms with van der Waals surface area (Å²) in [4.78, 5) is 10.4. The number of hydrogen-bond acceptors (Lipinski definition) is 5. The lowest BCUT2D eigenvalue weighted by Gasteiger charge is -2.16. The van der Waals surface area contributed by atoms with E-state index in [0.29, 0.717) is 17.4 Å². The highest BCUT2D eigenvalue weighted by Crippen LogP contribution is 2.31. The Kier molecular flexibility index (Phi) is 4.40. The van der Waals surface area contributed by atoms with Crippen molar-refractivity contribution < 1.29 is 9.47 Å². The number of aryl methyl sites for hydroxylation is 1. The van der Waals surface area contributed by atoms with Crippen LogP contribution in [0.5, 0.6) is 17.4 Å². The van der Waals surface area contributed by atoms with E-state index in [0.717, 1.165) is 17.9 Å². The van der Waals surface area contributed by atoms with Crippen molar-refractivity contribution in [3.05, 3.63) is 36.2 Å². The fourth-order valence-corrected chi connectivity index (χ4v) is 1.73. The number of rotatable bonds is 5. The highest BCUT2D eigenvalue weighted by atomic mass is 16.5. The second-order valence-electron chi connectivity index (χ2n) is 4.48. The van der Waals surface area contributed by atoms with Gasteiger partial charge in [0.2, 0.25) is 5.88 Å². The number of anilines is 1. The lowest BCUT2D eigenvalue weighted by molar-refractivity contribution is 0.373. The van der Waals surface area contributed by atoms with Gasteiger partial charge in [-0.15, -0.1) is 0 Å². The third-order valence-corrected chi connectivity index (χ3v) is 3.03. The molecule has 2 rings (SSSR count). The normalized spacial score (nSPS) is 10.2. The first-order valence-corrected chi connectivity index (χ1v) is 6.49. The van der Waals surface area contributed by atoms with Crippen molar-refractivity contribution in [3.8, 4) is 17.4 Å². The zero-order valence-corrected chi connectivity index (χ0v) is 12.3. The molecule has 106 valence electrons. The van der Waals surface area contributed by atoms with Gasteiger partial charge in [0.25, 0.3) is 0 Å².